The van der Waals surface area contributed by atoms with E-state index in [1.54, 1.807) is 7.11 Å². The molecule has 0 saturated heterocycles. The normalized spacial score (nSPS) is 10.3. The lowest BCUT2D eigenvalue weighted by atomic mass is 10.2. The van der Waals surface area contributed by atoms with Gasteiger partial charge in [-0.05, 0) is 23.3 Å². The summed E-state index contributed by atoms with van der Waals surface area (Å²) in [5.41, 5.74) is 8.84. The van der Waals surface area contributed by atoms with Crippen LogP contribution in [0.4, 0.5) is 0 Å². The van der Waals surface area contributed by atoms with Crippen LogP contribution in [0.5, 0.6) is 5.75 Å². The molecule has 0 aliphatic heterocycles. The molecular weight excluding hydrogens is 224 g/mol. The highest BCUT2D eigenvalue weighted by molar-refractivity contribution is 5.28. The van der Waals surface area contributed by atoms with Crippen molar-refractivity contribution in [2.45, 2.75) is 13.1 Å². The van der Waals surface area contributed by atoms with E-state index in [0.29, 0.717) is 0 Å². The van der Waals surface area contributed by atoms with Crippen molar-refractivity contribution in [1.82, 2.24) is 10.9 Å². The van der Waals surface area contributed by atoms with Crippen LogP contribution < -0.4 is 15.6 Å². The maximum atomic E-state index is 5.18. The molecule has 0 aliphatic carbocycles. The highest BCUT2D eigenvalue weighted by Crippen LogP contribution is 2.11. The molecule has 0 unspecified atom stereocenters. The predicted octanol–water partition coefficient (Wildman–Crippen LogP) is 2.49. The minimum absolute atomic E-state index is 0.768. The van der Waals surface area contributed by atoms with E-state index in [9.17, 15) is 0 Å². The molecule has 3 heteroatoms. The molecule has 0 heterocycles. The Bertz CT molecular complexity index is 471. The molecule has 2 N–H and O–H groups in total. The van der Waals surface area contributed by atoms with Gasteiger partial charge in [0.25, 0.3) is 0 Å². The van der Waals surface area contributed by atoms with Gasteiger partial charge in [0.1, 0.15) is 5.75 Å². The molecule has 0 saturated carbocycles. The number of nitrogens with one attached hydrogen (secondary N) is 2. The fraction of sp³-hybridized carbons (Fsp3) is 0.200. The number of hydrogen-bond acceptors (Lipinski definition) is 3. The summed E-state index contributed by atoms with van der Waals surface area (Å²) in [5, 5.41) is 0. The van der Waals surface area contributed by atoms with Crippen molar-refractivity contribution in [1.29, 1.82) is 0 Å². The van der Waals surface area contributed by atoms with Crippen LogP contribution in [0.3, 0.4) is 0 Å². The van der Waals surface area contributed by atoms with Crippen LogP contribution >= 0.6 is 0 Å². The number of hydrogen-bond donors (Lipinski definition) is 2. The lowest BCUT2D eigenvalue weighted by Crippen LogP contribution is -2.30. The van der Waals surface area contributed by atoms with Gasteiger partial charge in [-0.15, -0.1) is 0 Å². The molecule has 0 aliphatic rings. The minimum atomic E-state index is 0.768. The number of rotatable bonds is 6. The Morgan fingerprint density at radius 1 is 0.833 bits per heavy atom. The van der Waals surface area contributed by atoms with Gasteiger partial charge in [0.15, 0.2) is 0 Å². The molecule has 0 radical (unpaired) electrons. The summed E-state index contributed by atoms with van der Waals surface area (Å²) >= 11 is 0. The van der Waals surface area contributed by atoms with Crippen molar-refractivity contribution in [3.63, 3.8) is 0 Å². The zero-order valence-corrected chi connectivity index (χ0v) is 10.5. The third-order valence-corrected chi connectivity index (χ3v) is 2.69. The molecule has 0 spiro atoms. The molecular formula is C15H18N2O. The second-order valence-corrected chi connectivity index (χ2v) is 4.04. The first-order valence-corrected chi connectivity index (χ1v) is 6.01. The number of hydrazine groups is 1. The van der Waals surface area contributed by atoms with Gasteiger partial charge in [0.2, 0.25) is 0 Å². The van der Waals surface area contributed by atoms with Gasteiger partial charge < -0.3 is 4.74 Å². The Balaban J connectivity index is 1.75. The lowest BCUT2D eigenvalue weighted by molar-refractivity contribution is 0.413. The Hall–Kier alpha value is -1.84. The quantitative estimate of drug-likeness (QED) is 0.603. The van der Waals surface area contributed by atoms with E-state index in [0.717, 1.165) is 18.8 Å². The maximum Gasteiger partial charge on any atom is 0.119 e. The van der Waals surface area contributed by atoms with E-state index >= 15 is 0 Å². The van der Waals surface area contributed by atoms with Crippen molar-refractivity contribution >= 4 is 0 Å². The zero-order chi connectivity index (χ0) is 12.6. The number of ether oxygens (including phenoxy) is 1. The van der Waals surface area contributed by atoms with Gasteiger partial charge in [0.05, 0.1) is 7.11 Å². The molecule has 2 aromatic carbocycles. The third kappa shape index (κ3) is 3.87. The summed E-state index contributed by atoms with van der Waals surface area (Å²) in [7, 11) is 1.68. The predicted molar refractivity (Wildman–Crippen MR) is 73.1 cm³/mol. The molecule has 0 amide bonds. The number of methoxy groups -OCH3 is 1. The van der Waals surface area contributed by atoms with Crippen LogP contribution in [0.15, 0.2) is 54.6 Å². The number of benzene rings is 2. The molecule has 0 bridgehead atoms. The molecule has 2 aromatic rings. The van der Waals surface area contributed by atoms with Crippen molar-refractivity contribution < 1.29 is 4.74 Å². The van der Waals surface area contributed by atoms with Crippen LogP contribution in [0.25, 0.3) is 0 Å². The highest BCUT2D eigenvalue weighted by atomic mass is 16.5. The summed E-state index contributed by atoms with van der Waals surface area (Å²) in [5.74, 6) is 0.886. The summed E-state index contributed by atoms with van der Waals surface area (Å²) < 4.78 is 5.18. The van der Waals surface area contributed by atoms with Crippen molar-refractivity contribution in [2.75, 3.05) is 7.11 Å². The largest absolute Gasteiger partial charge is 0.497 e. The van der Waals surface area contributed by atoms with E-state index in [-0.39, 0.29) is 0 Å². The summed E-state index contributed by atoms with van der Waals surface area (Å²) in [4.78, 5) is 0. The molecule has 0 aromatic heterocycles. The first-order chi connectivity index (χ1) is 8.88. The lowest BCUT2D eigenvalue weighted by Gasteiger charge is -2.08. The minimum Gasteiger partial charge on any atom is -0.497 e. The van der Waals surface area contributed by atoms with Crippen molar-refractivity contribution in [3.8, 4) is 5.75 Å². The van der Waals surface area contributed by atoms with Gasteiger partial charge >= 0.3 is 0 Å². The van der Waals surface area contributed by atoms with Gasteiger partial charge in [-0.1, -0.05) is 42.5 Å². The van der Waals surface area contributed by atoms with Gasteiger partial charge in [-0.25, -0.2) is 0 Å². The van der Waals surface area contributed by atoms with Crippen LogP contribution in [-0.4, -0.2) is 7.11 Å². The van der Waals surface area contributed by atoms with Gasteiger partial charge in [-0.2, -0.15) is 0 Å². The average Bonchev–Trinajstić information content (AvgIpc) is 2.45. The van der Waals surface area contributed by atoms with E-state index < -0.39 is 0 Å². The Morgan fingerprint density at radius 2 is 1.50 bits per heavy atom. The fourth-order valence-corrected chi connectivity index (χ4v) is 1.71. The van der Waals surface area contributed by atoms with Crippen LogP contribution in [0.2, 0.25) is 0 Å². The zero-order valence-electron chi connectivity index (χ0n) is 10.5. The summed E-state index contributed by atoms with van der Waals surface area (Å²) in [6.45, 7) is 1.58. The standard InChI is InChI=1S/C15H18N2O/c1-18-15-9-5-8-14(10-15)12-17-16-11-13-6-3-2-4-7-13/h2-10,16-17H,11-12H2,1H3. The smallest absolute Gasteiger partial charge is 0.119 e. The van der Waals surface area contributed by atoms with Crippen LogP contribution in [0.1, 0.15) is 11.1 Å². The molecule has 0 atom stereocenters. The van der Waals surface area contributed by atoms with Gasteiger partial charge in [0, 0.05) is 13.1 Å². The first-order valence-electron chi connectivity index (χ1n) is 6.01. The molecule has 0 fully saturated rings. The topological polar surface area (TPSA) is 33.3 Å². The SMILES string of the molecule is COc1cccc(CNNCc2ccccc2)c1. The molecule has 2 rings (SSSR count). The monoisotopic (exact) mass is 242 g/mol. The van der Waals surface area contributed by atoms with Crippen LogP contribution in [-0.2, 0) is 13.1 Å². The van der Waals surface area contributed by atoms with Crippen molar-refractivity contribution in [2.24, 2.45) is 0 Å². The molecule has 94 valence electrons. The first kappa shape index (κ1) is 12.6. The van der Waals surface area contributed by atoms with E-state index in [1.165, 1.54) is 11.1 Å². The van der Waals surface area contributed by atoms with E-state index in [4.69, 9.17) is 4.74 Å². The highest BCUT2D eigenvalue weighted by Gasteiger charge is 1.95. The second kappa shape index (κ2) is 6.79. The molecule has 18 heavy (non-hydrogen) atoms. The Labute approximate surface area is 108 Å². The second-order valence-electron chi connectivity index (χ2n) is 4.04. The van der Waals surface area contributed by atoms with E-state index in [1.807, 2.05) is 36.4 Å². The third-order valence-electron chi connectivity index (χ3n) is 2.69. The summed E-state index contributed by atoms with van der Waals surface area (Å²) in [6, 6.07) is 18.3. The van der Waals surface area contributed by atoms with E-state index in [2.05, 4.69) is 29.1 Å². The van der Waals surface area contributed by atoms with Crippen LogP contribution in [0, 0.1) is 0 Å². The average molecular weight is 242 g/mol. The van der Waals surface area contributed by atoms with Crippen molar-refractivity contribution in [3.05, 3.63) is 65.7 Å². The molecule has 3 nitrogen and oxygen atoms in total. The van der Waals surface area contributed by atoms with Gasteiger partial charge in [-0.3, -0.25) is 10.9 Å². The Morgan fingerprint density at radius 3 is 2.22 bits per heavy atom. The Kier molecular flexibility index (Phi) is 4.76. The fourth-order valence-electron chi connectivity index (χ4n) is 1.71. The summed E-state index contributed by atoms with van der Waals surface area (Å²) in [6.07, 6.45) is 0. The maximum absolute atomic E-state index is 5.18.